The zero-order valence-corrected chi connectivity index (χ0v) is 13.9. The van der Waals surface area contributed by atoms with Gasteiger partial charge in [0.15, 0.2) is 0 Å². The lowest BCUT2D eigenvalue weighted by Gasteiger charge is -2.03. The monoisotopic (exact) mass is 324 g/mol. The van der Waals surface area contributed by atoms with E-state index in [0.717, 1.165) is 22.9 Å². The highest BCUT2D eigenvalue weighted by Crippen LogP contribution is 2.30. The Morgan fingerprint density at radius 3 is 2.48 bits per heavy atom. The molecule has 112 valence electrons. The molecule has 0 saturated carbocycles. The van der Waals surface area contributed by atoms with Crippen molar-refractivity contribution in [1.29, 1.82) is 0 Å². The van der Waals surface area contributed by atoms with Gasteiger partial charge >= 0.3 is 0 Å². The third-order valence-corrected chi connectivity index (χ3v) is 4.64. The van der Waals surface area contributed by atoms with Crippen molar-refractivity contribution in [2.75, 3.05) is 6.26 Å². The summed E-state index contributed by atoms with van der Waals surface area (Å²) in [6.07, 6.45) is 0.951. The molecular formula is C14H16N2O3S2. The van der Waals surface area contributed by atoms with Crippen LogP contribution in [0, 0.1) is 20.8 Å². The first-order valence-corrected chi connectivity index (χ1v) is 8.95. The number of thiazole rings is 1. The van der Waals surface area contributed by atoms with Gasteiger partial charge in [-0.05, 0) is 26.3 Å². The molecule has 2 aromatic rings. The van der Waals surface area contributed by atoms with Gasteiger partial charge in [-0.15, -0.1) is 11.3 Å². The Morgan fingerprint density at radius 1 is 1.24 bits per heavy atom. The zero-order valence-electron chi connectivity index (χ0n) is 12.2. The summed E-state index contributed by atoms with van der Waals surface area (Å²) in [6, 6.07) is 5.98. The molecule has 0 fully saturated rings. The smallest absolute Gasteiger partial charge is 0.267 e. The molecule has 1 amide bonds. The summed E-state index contributed by atoms with van der Waals surface area (Å²) in [5.74, 6) is -0.636. The summed E-state index contributed by atoms with van der Waals surface area (Å²) >= 11 is 1.19. The van der Waals surface area contributed by atoms with Crippen LogP contribution in [0.25, 0.3) is 10.6 Å². The molecule has 0 aliphatic rings. The standard InChI is InChI=1S/C14H16N2O3S2/c1-8-5-6-11(9(2)7-8)14-15-10(3)12(20-14)13(17)16-21(4,18)19/h5-7H,1-4H3,(H,16,17). The Bertz CT molecular complexity index is 808. The van der Waals surface area contributed by atoms with Crippen LogP contribution in [0.4, 0.5) is 0 Å². The van der Waals surface area contributed by atoms with E-state index in [1.54, 1.807) is 6.92 Å². The van der Waals surface area contributed by atoms with Crippen molar-refractivity contribution in [3.8, 4) is 10.6 Å². The minimum Gasteiger partial charge on any atom is -0.267 e. The molecule has 21 heavy (non-hydrogen) atoms. The molecule has 0 aliphatic carbocycles. The first-order valence-electron chi connectivity index (χ1n) is 6.24. The summed E-state index contributed by atoms with van der Waals surface area (Å²) < 4.78 is 24.3. The van der Waals surface area contributed by atoms with Crippen LogP contribution in [0.1, 0.15) is 26.5 Å². The lowest BCUT2D eigenvalue weighted by Crippen LogP contribution is -2.29. The molecular weight excluding hydrogens is 308 g/mol. The van der Waals surface area contributed by atoms with Crippen LogP contribution in [0.2, 0.25) is 0 Å². The van der Waals surface area contributed by atoms with Gasteiger partial charge in [-0.2, -0.15) is 0 Å². The zero-order chi connectivity index (χ0) is 15.8. The minimum atomic E-state index is -3.58. The van der Waals surface area contributed by atoms with Crippen LogP contribution < -0.4 is 4.72 Å². The predicted octanol–water partition coefficient (Wildman–Crippen LogP) is 2.42. The number of aromatic nitrogens is 1. The largest absolute Gasteiger partial charge is 0.276 e. The lowest BCUT2D eigenvalue weighted by molar-refractivity contribution is 0.0985. The number of amides is 1. The number of nitrogens with one attached hydrogen (secondary N) is 1. The average molecular weight is 324 g/mol. The van der Waals surface area contributed by atoms with Gasteiger partial charge in [-0.25, -0.2) is 18.1 Å². The Hall–Kier alpha value is -1.73. The summed E-state index contributed by atoms with van der Waals surface area (Å²) in [5, 5.41) is 0.712. The van der Waals surface area contributed by atoms with Crippen LogP contribution in [0.3, 0.4) is 0 Å². The molecule has 1 aromatic heterocycles. The third kappa shape index (κ3) is 3.68. The van der Waals surface area contributed by atoms with Gasteiger partial charge in [0.2, 0.25) is 10.0 Å². The van der Waals surface area contributed by atoms with E-state index in [0.29, 0.717) is 15.6 Å². The van der Waals surface area contributed by atoms with Crippen LogP contribution in [0.15, 0.2) is 18.2 Å². The van der Waals surface area contributed by atoms with Crippen molar-refractivity contribution in [3.05, 3.63) is 39.9 Å². The van der Waals surface area contributed by atoms with E-state index < -0.39 is 15.9 Å². The highest BCUT2D eigenvalue weighted by Gasteiger charge is 2.19. The number of aryl methyl sites for hydroxylation is 3. The predicted molar refractivity (Wildman–Crippen MR) is 84.1 cm³/mol. The first kappa shape index (κ1) is 15.7. The molecule has 0 atom stereocenters. The van der Waals surface area contributed by atoms with E-state index >= 15 is 0 Å². The van der Waals surface area contributed by atoms with Crippen LogP contribution in [0.5, 0.6) is 0 Å². The highest BCUT2D eigenvalue weighted by atomic mass is 32.2. The number of sulfonamides is 1. The topological polar surface area (TPSA) is 76.1 Å². The Balaban J connectivity index is 2.41. The Kier molecular flexibility index (Phi) is 4.15. The molecule has 0 aliphatic heterocycles. The fourth-order valence-corrected chi connectivity index (χ4v) is 3.55. The number of carbonyl (C=O) groups excluding carboxylic acids is 1. The molecule has 0 saturated heterocycles. The third-order valence-electron chi connectivity index (χ3n) is 2.89. The van der Waals surface area contributed by atoms with Gasteiger partial charge in [-0.1, -0.05) is 23.8 Å². The van der Waals surface area contributed by atoms with Crippen LogP contribution >= 0.6 is 11.3 Å². The molecule has 5 nitrogen and oxygen atoms in total. The fourth-order valence-electron chi connectivity index (χ4n) is 1.99. The molecule has 1 heterocycles. The van der Waals surface area contributed by atoms with E-state index in [-0.39, 0.29) is 0 Å². The van der Waals surface area contributed by atoms with Crippen molar-refractivity contribution < 1.29 is 13.2 Å². The van der Waals surface area contributed by atoms with Crippen molar-refractivity contribution in [3.63, 3.8) is 0 Å². The van der Waals surface area contributed by atoms with Gasteiger partial charge in [-0.3, -0.25) is 4.79 Å². The number of hydrogen-bond donors (Lipinski definition) is 1. The molecule has 2 rings (SSSR count). The second-order valence-electron chi connectivity index (χ2n) is 4.96. The lowest BCUT2D eigenvalue weighted by atomic mass is 10.1. The fraction of sp³-hybridized carbons (Fsp3) is 0.286. The number of rotatable bonds is 3. The molecule has 0 bridgehead atoms. The van der Waals surface area contributed by atoms with Gasteiger partial charge in [0.1, 0.15) is 9.88 Å². The first-order chi connectivity index (χ1) is 9.67. The number of nitrogens with zero attached hydrogens (tertiary/aromatic N) is 1. The average Bonchev–Trinajstić information content (AvgIpc) is 2.68. The van der Waals surface area contributed by atoms with Gasteiger partial charge in [0, 0.05) is 5.56 Å². The maximum atomic E-state index is 11.9. The Morgan fingerprint density at radius 2 is 1.90 bits per heavy atom. The van der Waals surface area contributed by atoms with Gasteiger partial charge in [0.05, 0.1) is 11.9 Å². The summed E-state index contributed by atoms with van der Waals surface area (Å²) in [4.78, 5) is 16.6. The second kappa shape index (κ2) is 5.57. The normalized spacial score (nSPS) is 11.4. The van der Waals surface area contributed by atoms with E-state index in [1.165, 1.54) is 11.3 Å². The molecule has 0 radical (unpaired) electrons. The molecule has 0 unspecified atom stereocenters. The number of hydrogen-bond acceptors (Lipinski definition) is 5. The second-order valence-corrected chi connectivity index (χ2v) is 7.70. The summed E-state index contributed by atoms with van der Waals surface area (Å²) in [6.45, 7) is 5.69. The van der Waals surface area contributed by atoms with Crippen molar-refractivity contribution in [2.24, 2.45) is 0 Å². The van der Waals surface area contributed by atoms with E-state index in [1.807, 2.05) is 36.8 Å². The molecule has 7 heteroatoms. The molecule has 1 aromatic carbocycles. The van der Waals surface area contributed by atoms with E-state index in [2.05, 4.69) is 4.98 Å². The highest BCUT2D eigenvalue weighted by molar-refractivity contribution is 7.89. The SMILES string of the molecule is Cc1ccc(-c2nc(C)c(C(=O)NS(C)(=O)=O)s2)c(C)c1. The van der Waals surface area contributed by atoms with E-state index in [9.17, 15) is 13.2 Å². The molecule has 1 N–H and O–H groups in total. The maximum absolute atomic E-state index is 11.9. The maximum Gasteiger partial charge on any atom is 0.276 e. The van der Waals surface area contributed by atoms with E-state index in [4.69, 9.17) is 0 Å². The van der Waals surface area contributed by atoms with Crippen molar-refractivity contribution >= 4 is 27.3 Å². The van der Waals surface area contributed by atoms with Crippen molar-refractivity contribution in [1.82, 2.24) is 9.71 Å². The number of carbonyl (C=O) groups is 1. The van der Waals surface area contributed by atoms with Crippen molar-refractivity contribution in [2.45, 2.75) is 20.8 Å². The summed E-state index contributed by atoms with van der Waals surface area (Å²) in [7, 11) is -3.58. The van der Waals surface area contributed by atoms with Gasteiger partial charge < -0.3 is 0 Å². The quantitative estimate of drug-likeness (QED) is 0.941. The molecule has 0 spiro atoms. The summed E-state index contributed by atoms with van der Waals surface area (Å²) in [5.41, 5.74) is 3.70. The Labute approximate surface area is 128 Å². The van der Waals surface area contributed by atoms with Gasteiger partial charge in [0.25, 0.3) is 5.91 Å². The van der Waals surface area contributed by atoms with Crippen LogP contribution in [-0.4, -0.2) is 25.6 Å². The number of benzene rings is 1. The van der Waals surface area contributed by atoms with Crippen LogP contribution in [-0.2, 0) is 10.0 Å². The minimum absolute atomic E-state index is 0.315.